The molecular formula is C21H19N3O3S. The summed E-state index contributed by atoms with van der Waals surface area (Å²) in [5.41, 5.74) is 3.62. The minimum Gasteiger partial charge on any atom is -0.308 e. The van der Waals surface area contributed by atoms with Crippen LogP contribution in [0.15, 0.2) is 71.9 Å². The first-order valence-corrected chi connectivity index (χ1v) is 10.4. The van der Waals surface area contributed by atoms with Crippen molar-refractivity contribution in [2.45, 2.75) is 18.2 Å². The van der Waals surface area contributed by atoms with Crippen molar-refractivity contribution < 1.29 is 13.2 Å². The van der Waals surface area contributed by atoms with Gasteiger partial charge in [0.1, 0.15) is 0 Å². The van der Waals surface area contributed by atoms with Crippen LogP contribution in [0.3, 0.4) is 0 Å². The third-order valence-corrected chi connectivity index (χ3v) is 6.06. The number of nitrogens with one attached hydrogen (secondary N) is 1. The highest BCUT2D eigenvalue weighted by atomic mass is 32.2. The van der Waals surface area contributed by atoms with Crippen molar-refractivity contribution in [3.05, 3.63) is 83.7 Å². The number of amides is 1. The number of rotatable bonds is 4. The summed E-state index contributed by atoms with van der Waals surface area (Å²) in [4.78, 5) is 18.6. The van der Waals surface area contributed by atoms with Gasteiger partial charge in [0.05, 0.1) is 10.5 Å². The molecule has 0 radical (unpaired) electrons. The van der Waals surface area contributed by atoms with Crippen molar-refractivity contribution in [2.75, 3.05) is 16.2 Å². The minimum atomic E-state index is -3.66. The number of nitrogens with zero attached hydrogens (tertiary/aromatic N) is 2. The summed E-state index contributed by atoms with van der Waals surface area (Å²) in [6.45, 7) is 2.40. The Bertz CT molecular complexity index is 1140. The number of hydrogen-bond donors (Lipinski definition) is 1. The Balaban J connectivity index is 1.58. The average molecular weight is 393 g/mol. The van der Waals surface area contributed by atoms with E-state index in [1.807, 2.05) is 13.0 Å². The number of carbonyl (C=O) groups is 1. The molecule has 4 rings (SSSR count). The second-order valence-corrected chi connectivity index (χ2v) is 8.40. The molecule has 7 heteroatoms. The molecule has 2 heterocycles. The van der Waals surface area contributed by atoms with Crippen molar-refractivity contribution in [3.63, 3.8) is 0 Å². The number of aryl methyl sites for hydroxylation is 1. The van der Waals surface area contributed by atoms with Gasteiger partial charge in [-0.3, -0.25) is 14.5 Å². The largest absolute Gasteiger partial charge is 0.308 e. The fraction of sp³-hybridized carbons (Fsp3) is 0.143. The molecule has 0 saturated carbocycles. The first-order chi connectivity index (χ1) is 13.4. The summed E-state index contributed by atoms with van der Waals surface area (Å²) in [5, 5.41) is 0. The molecule has 142 valence electrons. The van der Waals surface area contributed by atoms with Gasteiger partial charge in [0.25, 0.3) is 15.9 Å². The van der Waals surface area contributed by atoms with Crippen LogP contribution < -0.4 is 9.62 Å². The molecule has 1 amide bonds. The Hall–Kier alpha value is -3.19. The van der Waals surface area contributed by atoms with E-state index >= 15 is 0 Å². The molecule has 0 fully saturated rings. The Morgan fingerprint density at radius 1 is 1.11 bits per heavy atom. The third-order valence-electron chi connectivity index (χ3n) is 4.68. The normalized spacial score (nSPS) is 13.2. The number of hydrogen-bond acceptors (Lipinski definition) is 4. The molecule has 0 atom stereocenters. The first kappa shape index (κ1) is 18.2. The molecule has 1 N–H and O–H groups in total. The minimum absolute atomic E-state index is 0.111. The number of sulfonamides is 1. The number of fused-ring (bicyclic) bond motifs is 1. The molecule has 1 aliphatic rings. The maximum Gasteiger partial charge on any atom is 0.261 e. The molecule has 0 aliphatic carbocycles. The lowest BCUT2D eigenvalue weighted by Crippen LogP contribution is -2.28. The Morgan fingerprint density at radius 3 is 2.71 bits per heavy atom. The van der Waals surface area contributed by atoms with Crippen molar-refractivity contribution in [1.82, 2.24) is 4.98 Å². The number of pyridine rings is 1. The summed E-state index contributed by atoms with van der Waals surface area (Å²) in [5.74, 6) is -0.111. The van der Waals surface area contributed by atoms with Crippen LogP contribution >= 0.6 is 0 Å². The molecule has 28 heavy (non-hydrogen) atoms. The highest BCUT2D eigenvalue weighted by Crippen LogP contribution is 2.32. The van der Waals surface area contributed by atoms with Crippen molar-refractivity contribution in [1.29, 1.82) is 0 Å². The molecule has 0 bridgehead atoms. The van der Waals surface area contributed by atoms with Gasteiger partial charge < -0.3 is 4.90 Å². The summed E-state index contributed by atoms with van der Waals surface area (Å²) < 4.78 is 27.9. The zero-order valence-corrected chi connectivity index (χ0v) is 16.1. The highest BCUT2D eigenvalue weighted by Gasteiger charge is 2.26. The summed E-state index contributed by atoms with van der Waals surface area (Å²) >= 11 is 0. The van der Waals surface area contributed by atoms with E-state index < -0.39 is 10.0 Å². The van der Waals surface area contributed by atoms with E-state index in [0.29, 0.717) is 24.2 Å². The van der Waals surface area contributed by atoms with Gasteiger partial charge in [-0.1, -0.05) is 12.1 Å². The van der Waals surface area contributed by atoms with Crippen LogP contribution in [0.5, 0.6) is 0 Å². The Morgan fingerprint density at radius 2 is 1.96 bits per heavy atom. The molecule has 1 aromatic heterocycles. The first-order valence-electron chi connectivity index (χ1n) is 8.88. The predicted molar refractivity (Wildman–Crippen MR) is 108 cm³/mol. The van der Waals surface area contributed by atoms with Gasteiger partial charge in [0, 0.05) is 30.3 Å². The quantitative estimate of drug-likeness (QED) is 0.737. The highest BCUT2D eigenvalue weighted by molar-refractivity contribution is 7.92. The number of aromatic nitrogens is 1. The summed E-state index contributed by atoms with van der Waals surface area (Å²) in [6.07, 6.45) is 3.84. The van der Waals surface area contributed by atoms with Gasteiger partial charge in [0.15, 0.2) is 0 Å². The molecule has 0 unspecified atom stereocenters. The van der Waals surface area contributed by atoms with Gasteiger partial charge >= 0.3 is 0 Å². The number of benzene rings is 2. The molecular weight excluding hydrogens is 374 g/mol. The van der Waals surface area contributed by atoms with E-state index in [1.165, 1.54) is 0 Å². The molecule has 0 saturated heterocycles. The van der Waals surface area contributed by atoms with Gasteiger partial charge in [-0.2, -0.15) is 0 Å². The standard InChI is InChI=1S/C21H19N3O3S/c1-15-4-2-6-19(12-15)28(26,27)23-18-7-8-20-16(13-18)9-11-24(20)21(25)17-5-3-10-22-14-17/h2-8,10,12-14,23H,9,11H2,1H3. The predicted octanol–water partition coefficient (Wildman–Crippen LogP) is 3.39. The van der Waals surface area contributed by atoms with Crippen LogP contribution in [-0.4, -0.2) is 25.9 Å². The lowest BCUT2D eigenvalue weighted by atomic mass is 10.1. The third kappa shape index (κ3) is 3.48. The maximum atomic E-state index is 12.7. The van der Waals surface area contributed by atoms with Gasteiger partial charge in [-0.15, -0.1) is 0 Å². The second kappa shape index (κ2) is 7.09. The van der Waals surface area contributed by atoms with E-state index in [1.54, 1.807) is 65.8 Å². The van der Waals surface area contributed by atoms with E-state index in [-0.39, 0.29) is 10.8 Å². The fourth-order valence-electron chi connectivity index (χ4n) is 3.32. The van der Waals surface area contributed by atoms with E-state index in [0.717, 1.165) is 16.8 Å². The maximum absolute atomic E-state index is 12.7. The molecule has 2 aromatic carbocycles. The Labute approximate surface area is 163 Å². The summed E-state index contributed by atoms with van der Waals surface area (Å²) in [7, 11) is -3.66. The van der Waals surface area contributed by atoms with Crippen LogP contribution in [0.25, 0.3) is 0 Å². The van der Waals surface area contributed by atoms with Crippen LogP contribution in [0.2, 0.25) is 0 Å². The molecule has 6 nitrogen and oxygen atoms in total. The van der Waals surface area contributed by atoms with Gasteiger partial charge in [-0.25, -0.2) is 8.42 Å². The van der Waals surface area contributed by atoms with Crippen molar-refractivity contribution in [3.8, 4) is 0 Å². The summed E-state index contributed by atoms with van der Waals surface area (Å²) in [6, 6.07) is 15.5. The number of anilines is 2. The lowest BCUT2D eigenvalue weighted by molar-refractivity contribution is 0.0989. The van der Waals surface area contributed by atoms with Gasteiger partial charge in [0.2, 0.25) is 0 Å². The van der Waals surface area contributed by atoms with Crippen LogP contribution in [-0.2, 0) is 16.4 Å². The van der Waals surface area contributed by atoms with Gasteiger partial charge in [-0.05, 0) is 66.9 Å². The molecule has 0 spiro atoms. The van der Waals surface area contributed by atoms with Crippen LogP contribution in [0.1, 0.15) is 21.5 Å². The SMILES string of the molecule is Cc1cccc(S(=O)(=O)Nc2ccc3c(c2)CCN3C(=O)c2cccnc2)c1. The Kier molecular flexibility index (Phi) is 4.60. The second-order valence-electron chi connectivity index (χ2n) is 6.71. The lowest BCUT2D eigenvalue weighted by Gasteiger charge is -2.17. The fourth-order valence-corrected chi connectivity index (χ4v) is 4.47. The monoisotopic (exact) mass is 393 g/mol. The number of carbonyl (C=O) groups excluding carboxylic acids is 1. The van der Waals surface area contributed by atoms with E-state index in [2.05, 4.69) is 9.71 Å². The van der Waals surface area contributed by atoms with Crippen LogP contribution in [0, 0.1) is 6.92 Å². The average Bonchev–Trinajstić information content (AvgIpc) is 3.11. The zero-order chi connectivity index (χ0) is 19.7. The van der Waals surface area contributed by atoms with E-state index in [4.69, 9.17) is 0 Å². The smallest absolute Gasteiger partial charge is 0.261 e. The van der Waals surface area contributed by atoms with Crippen molar-refractivity contribution >= 4 is 27.3 Å². The topological polar surface area (TPSA) is 79.4 Å². The van der Waals surface area contributed by atoms with E-state index in [9.17, 15) is 13.2 Å². The zero-order valence-electron chi connectivity index (χ0n) is 15.3. The van der Waals surface area contributed by atoms with Crippen molar-refractivity contribution in [2.24, 2.45) is 0 Å². The van der Waals surface area contributed by atoms with Crippen LogP contribution in [0.4, 0.5) is 11.4 Å². The molecule has 1 aliphatic heterocycles. The molecule has 3 aromatic rings.